The van der Waals surface area contributed by atoms with Gasteiger partial charge in [0.2, 0.25) is 5.91 Å². The van der Waals surface area contributed by atoms with Gasteiger partial charge in [0.05, 0.1) is 11.8 Å². The lowest BCUT2D eigenvalue weighted by atomic mass is 9.82. The topological polar surface area (TPSA) is 75.6 Å². The third kappa shape index (κ3) is 3.20. The maximum absolute atomic E-state index is 12.2. The Balaban J connectivity index is 1.77. The maximum Gasteiger partial charge on any atom is 0.307 e. The molecule has 0 aromatic heterocycles. The molecule has 5 heteroatoms. The predicted molar refractivity (Wildman–Crippen MR) is 74.1 cm³/mol. The summed E-state index contributed by atoms with van der Waals surface area (Å²) in [5.74, 6) is -1.73. The van der Waals surface area contributed by atoms with E-state index in [-0.39, 0.29) is 23.7 Å². The largest absolute Gasteiger partial charge is 0.481 e. The fourth-order valence-corrected chi connectivity index (χ4v) is 3.39. The number of carboxylic acid groups (broad SMARTS) is 1. The zero-order valence-corrected chi connectivity index (χ0v) is 11.9. The Morgan fingerprint density at radius 1 is 1.20 bits per heavy atom. The van der Waals surface area contributed by atoms with Crippen molar-refractivity contribution in [2.45, 2.75) is 25.7 Å². The SMILES string of the molecule is COCCCCCNC(=O)[C@H]1C2C=CC(C2)[C@H]1C(=O)O. The van der Waals surface area contributed by atoms with E-state index in [0.717, 1.165) is 32.3 Å². The molecule has 2 unspecified atom stereocenters. The van der Waals surface area contributed by atoms with E-state index in [9.17, 15) is 14.7 Å². The van der Waals surface area contributed by atoms with Crippen LogP contribution in [-0.4, -0.2) is 37.2 Å². The number of ether oxygens (including phenoxy) is 1. The second kappa shape index (κ2) is 6.88. The molecular weight excluding hydrogens is 258 g/mol. The van der Waals surface area contributed by atoms with E-state index < -0.39 is 11.9 Å². The van der Waals surface area contributed by atoms with Crippen LogP contribution in [0.4, 0.5) is 0 Å². The predicted octanol–water partition coefficient (Wildman–Crippen LogP) is 1.44. The number of carbonyl (C=O) groups is 2. The van der Waals surface area contributed by atoms with Gasteiger partial charge in [-0.3, -0.25) is 9.59 Å². The van der Waals surface area contributed by atoms with Crippen LogP contribution in [-0.2, 0) is 14.3 Å². The number of hydrogen-bond acceptors (Lipinski definition) is 3. The molecule has 1 amide bonds. The number of fused-ring (bicyclic) bond motifs is 2. The zero-order valence-electron chi connectivity index (χ0n) is 11.9. The van der Waals surface area contributed by atoms with E-state index in [1.54, 1.807) is 7.11 Å². The van der Waals surface area contributed by atoms with Crippen molar-refractivity contribution in [3.05, 3.63) is 12.2 Å². The molecule has 0 saturated heterocycles. The Bertz CT molecular complexity index is 393. The fraction of sp³-hybridized carbons (Fsp3) is 0.733. The van der Waals surface area contributed by atoms with Gasteiger partial charge in [-0.2, -0.15) is 0 Å². The molecule has 0 aromatic rings. The number of unbranched alkanes of at least 4 members (excludes halogenated alkanes) is 2. The van der Waals surface area contributed by atoms with Gasteiger partial charge in [-0.25, -0.2) is 0 Å². The van der Waals surface area contributed by atoms with Crippen molar-refractivity contribution < 1.29 is 19.4 Å². The molecule has 0 aliphatic heterocycles. The Morgan fingerprint density at radius 3 is 2.55 bits per heavy atom. The number of carboxylic acids is 1. The lowest BCUT2D eigenvalue weighted by Crippen LogP contribution is -2.40. The van der Waals surface area contributed by atoms with Crippen LogP contribution in [0.15, 0.2) is 12.2 Å². The molecule has 0 spiro atoms. The number of allylic oxidation sites excluding steroid dienone is 2. The quantitative estimate of drug-likeness (QED) is 0.521. The Labute approximate surface area is 119 Å². The van der Waals surface area contributed by atoms with E-state index in [1.807, 2.05) is 12.2 Å². The highest BCUT2D eigenvalue weighted by Gasteiger charge is 2.51. The van der Waals surface area contributed by atoms with Crippen molar-refractivity contribution >= 4 is 11.9 Å². The highest BCUT2D eigenvalue weighted by molar-refractivity contribution is 5.86. The monoisotopic (exact) mass is 281 g/mol. The fourth-order valence-electron chi connectivity index (χ4n) is 3.39. The third-order valence-corrected chi connectivity index (χ3v) is 4.37. The minimum atomic E-state index is -0.845. The van der Waals surface area contributed by atoms with Gasteiger partial charge < -0.3 is 15.2 Å². The van der Waals surface area contributed by atoms with Gasteiger partial charge in [-0.05, 0) is 37.5 Å². The minimum absolute atomic E-state index is 0.0370. The van der Waals surface area contributed by atoms with Crippen molar-refractivity contribution in [3.8, 4) is 0 Å². The van der Waals surface area contributed by atoms with Gasteiger partial charge >= 0.3 is 5.97 Å². The smallest absolute Gasteiger partial charge is 0.307 e. The van der Waals surface area contributed by atoms with Gasteiger partial charge in [0.25, 0.3) is 0 Å². The average molecular weight is 281 g/mol. The number of hydrogen-bond donors (Lipinski definition) is 2. The van der Waals surface area contributed by atoms with Crippen LogP contribution in [0, 0.1) is 23.7 Å². The van der Waals surface area contributed by atoms with Crippen LogP contribution in [0.3, 0.4) is 0 Å². The summed E-state index contributed by atoms with van der Waals surface area (Å²) < 4.78 is 4.96. The van der Waals surface area contributed by atoms with Crippen molar-refractivity contribution in [3.63, 3.8) is 0 Å². The molecule has 5 nitrogen and oxygen atoms in total. The molecule has 0 aromatic carbocycles. The maximum atomic E-state index is 12.2. The van der Waals surface area contributed by atoms with Crippen molar-refractivity contribution in [1.82, 2.24) is 5.32 Å². The van der Waals surface area contributed by atoms with Crippen LogP contribution in [0.2, 0.25) is 0 Å². The molecule has 0 heterocycles. The number of carbonyl (C=O) groups excluding carboxylic acids is 1. The van der Waals surface area contributed by atoms with E-state index in [1.165, 1.54) is 0 Å². The van der Waals surface area contributed by atoms with E-state index in [2.05, 4.69) is 5.32 Å². The van der Waals surface area contributed by atoms with Gasteiger partial charge in [0, 0.05) is 20.3 Å². The van der Waals surface area contributed by atoms with Gasteiger partial charge in [0.15, 0.2) is 0 Å². The lowest BCUT2D eigenvalue weighted by molar-refractivity contribution is -0.147. The summed E-state index contributed by atoms with van der Waals surface area (Å²) in [5, 5.41) is 12.2. The van der Waals surface area contributed by atoms with Crippen LogP contribution in [0.5, 0.6) is 0 Å². The van der Waals surface area contributed by atoms with Crippen molar-refractivity contribution in [1.29, 1.82) is 0 Å². The van der Waals surface area contributed by atoms with E-state index in [4.69, 9.17) is 4.74 Å². The van der Waals surface area contributed by atoms with Gasteiger partial charge in [-0.15, -0.1) is 0 Å². The first kappa shape index (κ1) is 15.0. The molecule has 112 valence electrons. The van der Waals surface area contributed by atoms with Crippen LogP contribution in [0.25, 0.3) is 0 Å². The Hall–Kier alpha value is -1.36. The molecular formula is C15H23NO4. The summed E-state index contributed by atoms with van der Waals surface area (Å²) >= 11 is 0. The van der Waals surface area contributed by atoms with Crippen molar-refractivity contribution in [2.75, 3.05) is 20.3 Å². The number of aliphatic carboxylic acids is 1. The zero-order chi connectivity index (χ0) is 14.5. The Kier molecular flexibility index (Phi) is 5.17. The number of rotatable bonds is 8. The second-order valence-electron chi connectivity index (χ2n) is 5.68. The van der Waals surface area contributed by atoms with Crippen LogP contribution in [0.1, 0.15) is 25.7 Å². The van der Waals surface area contributed by atoms with Crippen molar-refractivity contribution in [2.24, 2.45) is 23.7 Å². The molecule has 0 radical (unpaired) electrons. The normalized spacial score (nSPS) is 30.6. The number of methoxy groups -OCH3 is 1. The first-order chi connectivity index (χ1) is 9.65. The first-order valence-electron chi connectivity index (χ1n) is 7.33. The molecule has 2 aliphatic carbocycles. The average Bonchev–Trinajstić information content (AvgIpc) is 3.02. The number of nitrogens with one attached hydrogen (secondary N) is 1. The standard InChI is InChI=1S/C15H23NO4/c1-20-8-4-2-3-7-16-14(17)12-10-5-6-11(9-10)13(12)15(18)19/h5-6,10-13H,2-4,7-9H2,1H3,(H,16,17)(H,18,19)/t10?,11?,12-,13+/m0/s1. The van der Waals surface area contributed by atoms with Gasteiger partial charge in [0.1, 0.15) is 0 Å². The molecule has 1 fully saturated rings. The summed E-state index contributed by atoms with van der Waals surface area (Å²) in [6, 6.07) is 0. The van der Waals surface area contributed by atoms with E-state index in [0.29, 0.717) is 6.54 Å². The molecule has 4 atom stereocenters. The summed E-state index contributed by atoms with van der Waals surface area (Å²) in [5.41, 5.74) is 0. The summed E-state index contributed by atoms with van der Waals surface area (Å²) in [6.07, 6.45) is 7.67. The number of amides is 1. The molecule has 1 saturated carbocycles. The van der Waals surface area contributed by atoms with Gasteiger partial charge in [-0.1, -0.05) is 12.2 Å². The van der Waals surface area contributed by atoms with Crippen LogP contribution >= 0.6 is 0 Å². The second-order valence-corrected chi connectivity index (χ2v) is 5.68. The highest BCUT2D eigenvalue weighted by Crippen LogP contribution is 2.48. The minimum Gasteiger partial charge on any atom is -0.481 e. The first-order valence-corrected chi connectivity index (χ1v) is 7.33. The molecule has 20 heavy (non-hydrogen) atoms. The Morgan fingerprint density at radius 2 is 1.90 bits per heavy atom. The highest BCUT2D eigenvalue weighted by atomic mass is 16.5. The molecule has 2 bridgehead atoms. The molecule has 2 rings (SSSR count). The molecule has 2 aliphatic rings. The van der Waals surface area contributed by atoms with E-state index >= 15 is 0 Å². The lowest BCUT2D eigenvalue weighted by Gasteiger charge is -2.23. The summed E-state index contributed by atoms with van der Waals surface area (Å²) in [4.78, 5) is 23.5. The van der Waals surface area contributed by atoms with Crippen LogP contribution < -0.4 is 5.32 Å². The summed E-state index contributed by atoms with van der Waals surface area (Å²) in [7, 11) is 1.68. The third-order valence-electron chi connectivity index (χ3n) is 4.37. The molecule has 2 N–H and O–H groups in total. The summed E-state index contributed by atoms with van der Waals surface area (Å²) in [6.45, 7) is 1.36.